The number of nitrogens with zero attached hydrogens (tertiary/aromatic N) is 3. The molecule has 1 atom stereocenters. The number of hydrogen-bond acceptors (Lipinski definition) is 5. The number of piperazine rings is 1. The molecule has 0 aromatic carbocycles. The van der Waals surface area contributed by atoms with E-state index in [1.165, 1.54) is 0 Å². The Balaban J connectivity index is 1.97. The first kappa shape index (κ1) is 13.8. The van der Waals surface area contributed by atoms with Crippen LogP contribution >= 0.6 is 11.3 Å². The van der Waals surface area contributed by atoms with E-state index in [2.05, 4.69) is 35.6 Å². The second kappa shape index (κ2) is 5.15. The number of aromatic nitrogens is 1. The van der Waals surface area contributed by atoms with Crippen LogP contribution in [0.3, 0.4) is 0 Å². The molecule has 2 rings (SSSR count). The van der Waals surface area contributed by atoms with E-state index in [9.17, 15) is 5.11 Å². The standard InChI is InChI=1S/C13H23N3OS/c1-10(17)11-9-14-12(18-11)15-5-7-16(8-6-15)13(2,3)4/h9-10,17H,5-8H2,1-4H3. The van der Waals surface area contributed by atoms with E-state index in [4.69, 9.17) is 0 Å². The summed E-state index contributed by atoms with van der Waals surface area (Å²) in [5.74, 6) is 0. The lowest BCUT2D eigenvalue weighted by Crippen LogP contribution is -2.53. The van der Waals surface area contributed by atoms with E-state index in [-0.39, 0.29) is 5.54 Å². The summed E-state index contributed by atoms with van der Waals surface area (Å²) < 4.78 is 0. The predicted molar refractivity (Wildman–Crippen MR) is 76.3 cm³/mol. The van der Waals surface area contributed by atoms with Crippen molar-refractivity contribution in [2.75, 3.05) is 31.1 Å². The Bertz CT molecular complexity index is 389. The van der Waals surface area contributed by atoms with Crippen LogP contribution < -0.4 is 4.90 Å². The Hall–Kier alpha value is -0.650. The van der Waals surface area contributed by atoms with Crippen LogP contribution in [-0.4, -0.2) is 46.7 Å². The van der Waals surface area contributed by atoms with Gasteiger partial charge in [0.05, 0.1) is 11.0 Å². The lowest BCUT2D eigenvalue weighted by molar-refractivity contribution is 0.128. The third-order valence-corrected chi connectivity index (χ3v) is 4.65. The van der Waals surface area contributed by atoms with Gasteiger partial charge in [-0.1, -0.05) is 11.3 Å². The topological polar surface area (TPSA) is 39.6 Å². The summed E-state index contributed by atoms with van der Waals surface area (Å²) >= 11 is 1.60. The summed E-state index contributed by atoms with van der Waals surface area (Å²) in [7, 11) is 0. The zero-order chi connectivity index (χ0) is 13.3. The van der Waals surface area contributed by atoms with Crippen molar-refractivity contribution in [3.63, 3.8) is 0 Å². The molecule has 18 heavy (non-hydrogen) atoms. The average Bonchev–Trinajstić information content (AvgIpc) is 2.77. The molecule has 1 aromatic rings. The van der Waals surface area contributed by atoms with Crippen molar-refractivity contribution in [3.8, 4) is 0 Å². The molecule has 5 heteroatoms. The number of rotatable bonds is 2. The van der Waals surface area contributed by atoms with Gasteiger partial charge in [0.1, 0.15) is 0 Å². The van der Waals surface area contributed by atoms with E-state index >= 15 is 0 Å². The molecule has 1 unspecified atom stereocenters. The number of thiazole rings is 1. The van der Waals surface area contributed by atoms with Gasteiger partial charge >= 0.3 is 0 Å². The zero-order valence-electron chi connectivity index (χ0n) is 11.7. The zero-order valence-corrected chi connectivity index (χ0v) is 12.5. The minimum Gasteiger partial charge on any atom is -0.388 e. The van der Waals surface area contributed by atoms with Crippen LogP contribution in [0.25, 0.3) is 0 Å². The maximum atomic E-state index is 9.53. The van der Waals surface area contributed by atoms with E-state index in [1.54, 1.807) is 24.5 Å². The van der Waals surface area contributed by atoms with E-state index in [1.807, 2.05) is 0 Å². The van der Waals surface area contributed by atoms with Gasteiger partial charge in [0.15, 0.2) is 5.13 Å². The Kier molecular flexibility index (Phi) is 3.94. The lowest BCUT2D eigenvalue weighted by atomic mass is 10.1. The Morgan fingerprint density at radius 2 is 1.89 bits per heavy atom. The minimum absolute atomic E-state index is 0.250. The predicted octanol–water partition coefficient (Wildman–Crippen LogP) is 2.12. The summed E-state index contributed by atoms with van der Waals surface area (Å²) in [5.41, 5.74) is 0.250. The van der Waals surface area contributed by atoms with Gasteiger partial charge in [0, 0.05) is 37.9 Å². The molecule has 0 amide bonds. The maximum absolute atomic E-state index is 9.53. The highest BCUT2D eigenvalue weighted by Crippen LogP contribution is 2.28. The molecule has 1 fully saturated rings. The molecule has 0 bridgehead atoms. The molecule has 102 valence electrons. The number of aliphatic hydroxyl groups excluding tert-OH is 1. The quantitative estimate of drug-likeness (QED) is 0.892. The third kappa shape index (κ3) is 3.02. The molecule has 0 saturated carbocycles. The van der Waals surface area contributed by atoms with Gasteiger partial charge in [-0.3, -0.25) is 4.90 Å². The van der Waals surface area contributed by atoms with Crippen molar-refractivity contribution in [3.05, 3.63) is 11.1 Å². The lowest BCUT2D eigenvalue weighted by Gasteiger charge is -2.42. The highest BCUT2D eigenvalue weighted by molar-refractivity contribution is 7.15. The number of aliphatic hydroxyl groups is 1. The Morgan fingerprint density at radius 3 is 2.33 bits per heavy atom. The highest BCUT2D eigenvalue weighted by Gasteiger charge is 2.26. The first-order valence-corrected chi connectivity index (χ1v) is 7.33. The number of hydrogen-bond donors (Lipinski definition) is 1. The van der Waals surface area contributed by atoms with Crippen LogP contribution in [0.15, 0.2) is 6.20 Å². The Labute approximate surface area is 113 Å². The van der Waals surface area contributed by atoms with Crippen LogP contribution in [0.4, 0.5) is 5.13 Å². The minimum atomic E-state index is -0.410. The van der Waals surface area contributed by atoms with Crippen molar-refractivity contribution in [2.24, 2.45) is 0 Å². The summed E-state index contributed by atoms with van der Waals surface area (Å²) in [4.78, 5) is 10.2. The summed E-state index contributed by atoms with van der Waals surface area (Å²) in [5, 5.41) is 10.6. The molecule has 4 nitrogen and oxygen atoms in total. The summed E-state index contributed by atoms with van der Waals surface area (Å²) in [6.07, 6.45) is 1.38. The maximum Gasteiger partial charge on any atom is 0.185 e. The van der Waals surface area contributed by atoms with Crippen molar-refractivity contribution >= 4 is 16.5 Å². The highest BCUT2D eigenvalue weighted by atomic mass is 32.1. The van der Waals surface area contributed by atoms with Gasteiger partial charge in [-0.25, -0.2) is 4.98 Å². The van der Waals surface area contributed by atoms with Crippen molar-refractivity contribution < 1.29 is 5.11 Å². The van der Waals surface area contributed by atoms with Crippen LogP contribution in [-0.2, 0) is 0 Å². The molecule has 1 aliphatic heterocycles. The molecular weight excluding hydrogens is 246 g/mol. The largest absolute Gasteiger partial charge is 0.388 e. The fraction of sp³-hybridized carbons (Fsp3) is 0.769. The smallest absolute Gasteiger partial charge is 0.185 e. The third-order valence-electron chi connectivity index (χ3n) is 3.42. The van der Waals surface area contributed by atoms with Gasteiger partial charge < -0.3 is 10.0 Å². The fourth-order valence-corrected chi connectivity index (χ4v) is 3.09. The summed E-state index contributed by atoms with van der Waals surface area (Å²) in [6.45, 7) is 12.8. The van der Waals surface area contributed by atoms with Gasteiger partial charge in [0.25, 0.3) is 0 Å². The van der Waals surface area contributed by atoms with Gasteiger partial charge in [0.2, 0.25) is 0 Å². The molecule has 1 aromatic heterocycles. The van der Waals surface area contributed by atoms with Gasteiger partial charge in [-0.05, 0) is 27.7 Å². The van der Waals surface area contributed by atoms with Crippen LogP contribution in [0.5, 0.6) is 0 Å². The molecule has 0 aliphatic carbocycles. The van der Waals surface area contributed by atoms with Crippen molar-refractivity contribution in [2.45, 2.75) is 39.3 Å². The average molecular weight is 269 g/mol. The first-order chi connectivity index (χ1) is 8.38. The van der Waals surface area contributed by atoms with E-state index < -0.39 is 6.10 Å². The first-order valence-electron chi connectivity index (χ1n) is 6.52. The normalized spacial score (nSPS) is 20.2. The summed E-state index contributed by atoms with van der Waals surface area (Å²) in [6, 6.07) is 0. The molecule has 1 aliphatic rings. The van der Waals surface area contributed by atoms with Gasteiger partial charge in [-0.15, -0.1) is 0 Å². The van der Waals surface area contributed by atoms with Crippen molar-refractivity contribution in [1.82, 2.24) is 9.88 Å². The number of anilines is 1. The molecule has 0 radical (unpaired) electrons. The van der Waals surface area contributed by atoms with E-state index in [0.717, 1.165) is 36.2 Å². The second-order valence-electron chi connectivity index (χ2n) is 5.87. The van der Waals surface area contributed by atoms with Crippen LogP contribution in [0, 0.1) is 0 Å². The molecule has 2 heterocycles. The van der Waals surface area contributed by atoms with Gasteiger partial charge in [-0.2, -0.15) is 0 Å². The molecule has 1 N–H and O–H groups in total. The second-order valence-corrected chi connectivity index (χ2v) is 6.91. The molecule has 0 spiro atoms. The SMILES string of the molecule is CC(O)c1cnc(N2CCN(C(C)(C)C)CC2)s1. The van der Waals surface area contributed by atoms with Crippen LogP contribution in [0.2, 0.25) is 0 Å². The van der Waals surface area contributed by atoms with E-state index in [0.29, 0.717) is 0 Å². The molecular formula is C13H23N3OS. The monoisotopic (exact) mass is 269 g/mol. The Morgan fingerprint density at radius 1 is 1.28 bits per heavy atom. The van der Waals surface area contributed by atoms with Crippen molar-refractivity contribution in [1.29, 1.82) is 0 Å². The molecule has 1 saturated heterocycles. The van der Waals surface area contributed by atoms with Crippen LogP contribution in [0.1, 0.15) is 38.7 Å². The fourth-order valence-electron chi connectivity index (χ4n) is 2.18.